The Balaban J connectivity index is 1.41. The molecule has 3 rings (SSSR count). The molecule has 2 aromatic rings. The lowest BCUT2D eigenvalue weighted by Crippen LogP contribution is -2.24. The molecule has 0 amide bonds. The molecule has 2 aromatic carbocycles. The van der Waals surface area contributed by atoms with E-state index in [0.717, 1.165) is 37.8 Å². The standard InChI is InChI=1S/C24H30FNO2/c1-26(2)17-19-3-8-20(9-4-19)21-10-14-23(15-11-21)28-24(27)16-7-18-5-12-22(25)13-6-18/h3-6,8-9,12-13,21,23H,7,10-11,14-17H2,1-2H3/t21-,23-. The molecule has 0 aromatic heterocycles. The van der Waals surface area contributed by atoms with Crippen LogP contribution in [0.15, 0.2) is 48.5 Å². The zero-order valence-corrected chi connectivity index (χ0v) is 16.9. The molecule has 0 bridgehead atoms. The van der Waals surface area contributed by atoms with Gasteiger partial charge in [-0.3, -0.25) is 4.79 Å². The minimum absolute atomic E-state index is 0.0324. The van der Waals surface area contributed by atoms with Crippen LogP contribution in [0.25, 0.3) is 0 Å². The number of carbonyl (C=O) groups excluding carboxylic acids is 1. The average Bonchev–Trinajstić information content (AvgIpc) is 2.68. The van der Waals surface area contributed by atoms with Gasteiger partial charge in [-0.1, -0.05) is 36.4 Å². The SMILES string of the molecule is CN(C)Cc1ccc([C@H]2CC[C@H](OC(=O)CCc3ccc(F)cc3)CC2)cc1. The van der Waals surface area contributed by atoms with Crippen molar-refractivity contribution >= 4 is 5.97 Å². The molecule has 150 valence electrons. The van der Waals surface area contributed by atoms with Crippen molar-refractivity contribution in [2.45, 2.75) is 57.1 Å². The van der Waals surface area contributed by atoms with Crippen LogP contribution in [-0.4, -0.2) is 31.1 Å². The number of benzene rings is 2. The monoisotopic (exact) mass is 383 g/mol. The number of ether oxygens (including phenoxy) is 1. The third-order valence-corrected chi connectivity index (χ3v) is 5.45. The Labute approximate surface area is 167 Å². The second-order valence-electron chi connectivity index (χ2n) is 8.07. The predicted molar refractivity (Wildman–Crippen MR) is 110 cm³/mol. The molecule has 0 saturated heterocycles. The van der Waals surface area contributed by atoms with Gasteiger partial charge >= 0.3 is 5.97 Å². The Bertz CT molecular complexity index is 747. The zero-order chi connectivity index (χ0) is 19.9. The highest BCUT2D eigenvalue weighted by atomic mass is 19.1. The highest BCUT2D eigenvalue weighted by Crippen LogP contribution is 2.34. The fourth-order valence-corrected chi connectivity index (χ4v) is 3.92. The second-order valence-corrected chi connectivity index (χ2v) is 8.07. The zero-order valence-electron chi connectivity index (χ0n) is 16.9. The Morgan fingerprint density at radius 3 is 2.18 bits per heavy atom. The van der Waals surface area contributed by atoms with Gasteiger partial charge in [-0.15, -0.1) is 0 Å². The summed E-state index contributed by atoms with van der Waals surface area (Å²) in [4.78, 5) is 14.3. The maximum Gasteiger partial charge on any atom is 0.306 e. The fourth-order valence-electron chi connectivity index (χ4n) is 3.92. The lowest BCUT2D eigenvalue weighted by Gasteiger charge is -2.28. The molecule has 0 unspecified atom stereocenters. The third-order valence-electron chi connectivity index (χ3n) is 5.45. The summed E-state index contributed by atoms with van der Waals surface area (Å²) in [6, 6.07) is 15.2. The molecule has 3 nitrogen and oxygen atoms in total. The number of hydrogen-bond donors (Lipinski definition) is 0. The molecule has 0 radical (unpaired) electrons. The number of carbonyl (C=O) groups is 1. The molecular formula is C24H30FNO2. The summed E-state index contributed by atoms with van der Waals surface area (Å²) in [5.41, 5.74) is 3.68. The molecule has 4 heteroatoms. The van der Waals surface area contributed by atoms with Gasteiger partial charge < -0.3 is 9.64 Å². The number of rotatable bonds is 7. The summed E-state index contributed by atoms with van der Waals surface area (Å²) in [6.45, 7) is 0.959. The molecular weight excluding hydrogens is 353 g/mol. The van der Waals surface area contributed by atoms with Crippen LogP contribution in [0.3, 0.4) is 0 Å². The second kappa shape index (κ2) is 9.83. The summed E-state index contributed by atoms with van der Waals surface area (Å²) >= 11 is 0. The van der Waals surface area contributed by atoms with Crippen LogP contribution in [0.1, 0.15) is 54.7 Å². The minimum atomic E-state index is -0.254. The van der Waals surface area contributed by atoms with Gasteiger partial charge in [-0.25, -0.2) is 4.39 Å². The van der Waals surface area contributed by atoms with Crippen LogP contribution < -0.4 is 0 Å². The summed E-state index contributed by atoms with van der Waals surface area (Å²) < 4.78 is 18.6. The summed E-state index contributed by atoms with van der Waals surface area (Å²) in [5.74, 6) is 0.152. The normalized spacial score (nSPS) is 19.6. The first-order chi connectivity index (χ1) is 13.5. The Hall–Kier alpha value is -2.20. The van der Waals surface area contributed by atoms with Gasteiger partial charge in [0, 0.05) is 13.0 Å². The molecule has 1 saturated carbocycles. The van der Waals surface area contributed by atoms with Crippen molar-refractivity contribution in [3.05, 3.63) is 71.0 Å². The van der Waals surface area contributed by atoms with Gasteiger partial charge in [0.05, 0.1) is 0 Å². The predicted octanol–water partition coefficient (Wildman–Crippen LogP) is 5.09. The van der Waals surface area contributed by atoms with Gasteiger partial charge in [0.25, 0.3) is 0 Å². The topological polar surface area (TPSA) is 29.5 Å². The smallest absolute Gasteiger partial charge is 0.306 e. The van der Waals surface area contributed by atoms with Crippen LogP contribution in [-0.2, 0) is 22.5 Å². The van der Waals surface area contributed by atoms with E-state index >= 15 is 0 Å². The van der Waals surface area contributed by atoms with Crippen molar-refractivity contribution in [1.82, 2.24) is 4.90 Å². The van der Waals surface area contributed by atoms with Crippen molar-refractivity contribution in [1.29, 1.82) is 0 Å². The van der Waals surface area contributed by atoms with Gasteiger partial charge in [-0.2, -0.15) is 0 Å². The van der Waals surface area contributed by atoms with Crippen molar-refractivity contribution in [3.8, 4) is 0 Å². The average molecular weight is 384 g/mol. The summed E-state index contributed by atoms with van der Waals surface area (Å²) in [6.07, 6.45) is 4.93. The van der Waals surface area contributed by atoms with E-state index in [4.69, 9.17) is 4.74 Å². The first kappa shape index (κ1) is 20.5. The van der Waals surface area contributed by atoms with E-state index in [0.29, 0.717) is 18.8 Å². The summed E-state index contributed by atoms with van der Waals surface area (Å²) in [5, 5.41) is 0. The molecule has 0 spiro atoms. The van der Waals surface area contributed by atoms with Gasteiger partial charge in [0.2, 0.25) is 0 Å². The summed E-state index contributed by atoms with van der Waals surface area (Å²) in [7, 11) is 4.16. The molecule has 28 heavy (non-hydrogen) atoms. The van der Waals surface area contributed by atoms with Gasteiger partial charge in [-0.05, 0) is 80.9 Å². The highest BCUT2D eigenvalue weighted by Gasteiger charge is 2.24. The molecule has 0 N–H and O–H groups in total. The van der Waals surface area contributed by atoms with E-state index in [1.165, 1.54) is 23.3 Å². The van der Waals surface area contributed by atoms with E-state index in [-0.39, 0.29) is 17.9 Å². The Morgan fingerprint density at radius 1 is 0.964 bits per heavy atom. The molecule has 1 aliphatic rings. The maximum atomic E-state index is 12.9. The number of halogens is 1. The van der Waals surface area contributed by atoms with Crippen LogP contribution >= 0.6 is 0 Å². The van der Waals surface area contributed by atoms with E-state index in [1.807, 2.05) is 0 Å². The minimum Gasteiger partial charge on any atom is -0.462 e. The van der Waals surface area contributed by atoms with Crippen molar-refractivity contribution in [2.75, 3.05) is 14.1 Å². The fraction of sp³-hybridized carbons (Fsp3) is 0.458. The highest BCUT2D eigenvalue weighted by molar-refractivity contribution is 5.70. The maximum absolute atomic E-state index is 12.9. The van der Waals surface area contributed by atoms with Crippen LogP contribution in [0.2, 0.25) is 0 Å². The number of nitrogens with zero attached hydrogens (tertiary/aromatic N) is 1. The van der Waals surface area contributed by atoms with Crippen molar-refractivity contribution in [2.24, 2.45) is 0 Å². The quantitative estimate of drug-likeness (QED) is 0.624. The molecule has 0 aliphatic heterocycles. The first-order valence-electron chi connectivity index (χ1n) is 10.2. The van der Waals surface area contributed by atoms with Crippen LogP contribution in [0.4, 0.5) is 4.39 Å². The number of hydrogen-bond acceptors (Lipinski definition) is 3. The number of esters is 1. The first-order valence-corrected chi connectivity index (χ1v) is 10.2. The van der Waals surface area contributed by atoms with E-state index in [1.54, 1.807) is 12.1 Å². The number of aryl methyl sites for hydroxylation is 1. The molecule has 1 fully saturated rings. The largest absolute Gasteiger partial charge is 0.462 e. The van der Waals surface area contributed by atoms with Crippen LogP contribution in [0, 0.1) is 5.82 Å². The molecule has 1 aliphatic carbocycles. The lowest BCUT2D eigenvalue weighted by atomic mass is 9.82. The van der Waals surface area contributed by atoms with Crippen molar-refractivity contribution in [3.63, 3.8) is 0 Å². The van der Waals surface area contributed by atoms with E-state index < -0.39 is 0 Å². The van der Waals surface area contributed by atoms with Gasteiger partial charge in [0.1, 0.15) is 11.9 Å². The van der Waals surface area contributed by atoms with E-state index in [9.17, 15) is 9.18 Å². The Morgan fingerprint density at radius 2 is 1.57 bits per heavy atom. The third kappa shape index (κ3) is 6.16. The Kier molecular flexibility index (Phi) is 7.21. The lowest BCUT2D eigenvalue weighted by molar-refractivity contribution is -0.150. The van der Waals surface area contributed by atoms with E-state index in [2.05, 4.69) is 43.3 Å². The van der Waals surface area contributed by atoms with Gasteiger partial charge in [0.15, 0.2) is 0 Å². The van der Waals surface area contributed by atoms with Crippen LogP contribution in [0.5, 0.6) is 0 Å². The molecule has 0 heterocycles. The van der Waals surface area contributed by atoms with Crippen molar-refractivity contribution < 1.29 is 13.9 Å². The molecule has 0 atom stereocenters.